The average molecular weight is 298 g/mol. The molecule has 3 nitrogen and oxygen atoms in total. The molecule has 0 aromatic carbocycles. The van der Waals surface area contributed by atoms with E-state index in [-0.39, 0.29) is 0 Å². The fourth-order valence-electron chi connectivity index (χ4n) is 3.56. The van der Waals surface area contributed by atoms with Crippen molar-refractivity contribution in [3.8, 4) is 0 Å². The van der Waals surface area contributed by atoms with Gasteiger partial charge in [0.05, 0.1) is 22.4 Å². The standard InChI is InChI=1S/C13H20BrN3/c1-3-17-13(11(14)7-16-17)12(15-2)10-5-8-4-9(8)6-10/h7-10,12,15H,3-6H2,1-2H3. The molecule has 1 heterocycles. The van der Waals surface area contributed by atoms with Gasteiger partial charge in [-0.1, -0.05) is 0 Å². The van der Waals surface area contributed by atoms with E-state index in [2.05, 4.69) is 45.0 Å². The molecule has 4 heteroatoms. The van der Waals surface area contributed by atoms with Crippen molar-refractivity contribution in [2.45, 2.75) is 38.8 Å². The van der Waals surface area contributed by atoms with Gasteiger partial charge in [0.15, 0.2) is 0 Å². The van der Waals surface area contributed by atoms with Crippen LogP contribution in [0.25, 0.3) is 0 Å². The molecule has 1 aromatic rings. The van der Waals surface area contributed by atoms with E-state index in [0.29, 0.717) is 6.04 Å². The Kier molecular flexibility index (Phi) is 3.03. The van der Waals surface area contributed by atoms with Crippen LogP contribution in [0.5, 0.6) is 0 Å². The summed E-state index contributed by atoms with van der Waals surface area (Å²) in [5, 5.41) is 7.95. The second-order valence-corrected chi connectivity index (χ2v) is 6.30. The summed E-state index contributed by atoms with van der Waals surface area (Å²) in [6.45, 7) is 3.10. The quantitative estimate of drug-likeness (QED) is 0.926. The summed E-state index contributed by atoms with van der Waals surface area (Å²) in [4.78, 5) is 0. The number of rotatable bonds is 4. The van der Waals surface area contributed by atoms with Gasteiger partial charge in [-0.2, -0.15) is 5.10 Å². The number of halogens is 1. The average Bonchev–Trinajstić information content (AvgIpc) is 2.78. The molecule has 0 spiro atoms. The molecule has 2 fully saturated rings. The molecule has 3 rings (SSSR count). The third-order valence-corrected chi connectivity index (χ3v) is 5.10. The SMILES string of the molecule is CCn1ncc(Br)c1C(NC)C1CC2CC2C1. The van der Waals surface area contributed by atoms with E-state index in [1.165, 1.54) is 25.0 Å². The van der Waals surface area contributed by atoms with Crippen LogP contribution in [0, 0.1) is 17.8 Å². The van der Waals surface area contributed by atoms with Gasteiger partial charge in [0, 0.05) is 6.54 Å². The number of hydrogen-bond donors (Lipinski definition) is 1. The van der Waals surface area contributed by atoms with E-state index in [1.807, 2.05) is 6.20 Å². The zero-order valence-corrected chi connectivity index (χ0v) is 12.1. The van der Waals surface area contributed by atoms with Gasteiger partial charge in [-0.3, -0.25) is 4.68 Å². The fourth-order valence-corrected chi connectivity index (χ4v) is 4.11. The molecule has 17 heavy (non-hydrogen) atoms. The molecule has 2 aliphatic rings. The molecular weight excluding hydrogens is 278 g/mol. The lowest BCUT2D eigenvalue weighted by atomic mass is 9.92. The van der Waals surface area contributed by atoms with Crippen LogP contribution in [0.15, 0.2) is 10.7 Å². The molecular formula is C13H20BrN3. The van der Waals surface area contributed by atoms with E-state index < -0.39 is 0 Å². The number of nitrogens with one attached hydrogen (secondary N) is 1. The fraction of sp³-hybridized carbons (Fsp3) is 0.769. The molecule has 94 valence electrons. The second kappa shape index (κ2) is 4.39. The first kappa shape index (κ1) is 11.7. The largest absolute Gasteiger partial charge is 0.311 e. The van der Waals surface area contributed by atoms with Crippen LogP contribution in [-0.4, -0.2) is 16.8 Å². The van der Waals surface area contributed by atoms with Crippen LogP contribution >= 0.6 is 15.9 Å². The monoisotopic (exact) mass is 297 g/mol. The minimum absolute atomic E-state index is 0.458. The van der Waals surface area contributed by atoms with E-state index in [4.69, 9.17) is 0 Å². The molecule has 0 radical (unpaired) electrons. The minimum Gasteiger partial charge on any atom is -0.311 e. The maximum Gasteiger partial charge on any atom is 0.0698 e. The number of fused-ring (bicyclic) bond motifs is 1. The summed E-state index contributed by atoms with van der Waals surface area (Å²) in [6.07, 6.45) is 6.22. The summed E-state index contributed by atoms with van der Waals surface area (Å²) >= 11 is 3.65. The lowest BCUT2D eigenvalue weighted by Gasteiger charge is -2.25. The molecule has 2 saturated carbocycles. The summed E-state index contributed by atoms with van der Waals surface area (Å²) in [5.74, 6) is 2.86. The number of nitrogens with zero attached hydrogens (tertiary/aromatic N) is 2. The summed E-state index contributed by atoms with van der Waals surface area (Å²) in [5.41, 5.74) is 1.33. The highest BCUT2D eigenvalue weighted by Crippen LogP contribution is 2.57. The number of aryl methyl sites for hydroxylation is 1. The van der Waals surface area contributed by atoms with E-state index in [9.17, 15) is 0 Å². The predicted molar refractivity (Wildman–Crippen MR) is 71.7 cm³/mol. The first-order chi connectivity index (χ1) is 8.24. The smallest absolute Gasteiger partial charge is 0.0698 e. The van der Waals surface area contributed by atoms with Crippen LogP contribution < -0.4 is 5.32 Å². The lowest BCUT2D eigenvalue weighted by molar-refractivity contribution is 0.339. The van der Waals surface area contributed by atoms with Crippen molar-refractivity contribution in [2.75, 3.05) is 7.05 Å². The predicted octanol–water partition coefficient (Wildman–Crippen LogP) is 2.97. The van der Waals surface area contributed by atoms with Gasteiger partial charge in [0.25, 0.3) is 0 Å². The highest BCUT2D eigenvalue weighted by atomic mass is 79.9. The maximum atomic E-state index is 4.43. The summed E-state index contributed by atoms with van der Waals surface area (Å²) < 4.78 is 3.27. The van der Waals surface area contributed by atoms with Crippen LogP contribution in [-0.2, 0) is 6.54 Å². The molecule has 1 aromatic heterocycles. The Morgan fingerprint density at radius 3 is 2.76 bits per heavy atom. The van der Waals surface area contributed by atoms with Gasteiger partial charge in [-0.15, -0.1) is 0 Å². The molecule has 0 aliphatic heterocycles. The van der Waals surface area contributed by atoms with Crippen molar-refractivity contribution in [1.29, 1.82) is 0 Å². The van der Waals surface area contributed by atoms with E-state index in [0.717, 1.165) is 28.8 Å². The molecule has 3 atom stereocenters. The lowest BCUT2D eigenvalue weighted by Crippen LogP contribution is -2.27. The maximum absolute atomic E-state index is 4.43. The van der Waals surface area contributed by atoms with Crippen molar-refractivity contribution < 1.29 is 0 Å². The molecule has 0 amide bonds. The van der Waals surface area contributed by atoms with Gasteiger partial charge in [-0.25, -0.2) is 0 Å². The Morgan fingerprint density at radius 1 is 1.47 bits per heavy atom. The van der Waals surface area contributed by atoms with Crippen LogP contribution in [0.2, 0.25) is 0 Å². The number of aromatic nitrogens is 2. The number of hydrogen-bond acceptors (Lipinski definition) is 2. The van der Waals surface area contributed by atoms with Crippen LogP contribution in [0.3, 0.4) is 0 Å². The van der Waals surface area contributed by atoms with E-state index in [1.54, 1.807) is 0 Å². The van der Waals surface area contributed by atoms with Crippen molar-refractivity contribution in [3.05, 3.63) is 16.4 Å². The van der Waals surface area contributed by atoms with Crippen LogP contribution in [0.4, 0.5) is 0 Å². The molecule has 0 bridgehead atoms. The highest BCUT2D eigenvalue weighted by Gasteiger charge is 2.48. The van der Waals surface area contributed by atoms with Crippen molar-refractivity contribution >= 4 is 15.9 Å². The van der Waals surface area contributed by atoms with Gasteiger partial charge in [0.1, 0.15) is 0 Å². The third-order valence-electron chi connectivity index (χ3n) is 4.49. The zero-order valence-electron chi connectivity index (χ0n) is 10.5. The first-order valence-electron chi connectivity index (χ1n) is 6.63. The van der Waals surface area contributed by atoms with Crippen molar-refractivity contribution in [2.24, 2.45) is 17.8 Å². The van der Waals surface area contributed by atoms with Crippen molar-refractivity contribution in [3.63, 3.8) is 0 Å². The second-order valence-electron chi connectivity index (χ2n) is 5.45. The minimum atomic E-state index is 0.458. The van der Waals surface area contributed by atoms with E-state index >= 15 is 0 Å². The van der Waals surface area contributed by atoms with Crippen LogP contribution in [0.1, 0.15) is 37.9 Å². The topological polar surface area (TPSA) is 29.9 Å². The van der Waals surface area contributed by atoms with Gasteiger partial charge in [-0.05, 0) is 66.9 Å². The Labute approximate surface area is 111 Å². The van der Waals surface area contributed by atoms with Gasteiger partial charge < -0.3 is 5.32 Å². The van der Waals surface area contributed by atoms with Crippen molar-refractivity contribution in [1.82, 2.24) is 15.1 Å². The molecule has 1 N–H and O–H groups in total. The summed E-state index contributed by atoms with van der Waals surface area (Å²) in [6, 6.07) is 0.458. The molecule has 2 aliphatic carbocycles. The first-order valence-corrected chi connectivity index (χ1v) is 7.42. The Bertz CT molecular complexity index is 405. The highest BCUT2D eigenvalue weighted by molar-refractivity contribution is 9.10. The molecule has 3 unspecified atom stereocenters. The zero-order chi connectivity index (χ0) is 12.0. The van der Waals surface area contributed by atoms with Gasteiger partial charge >= 0.3 is 0 Å². The Balaban J connectivity index is 1.86. The Hall–Kier alpha value is -0.350. The Morgan fingerprint density at radius 2 is 2.18 bits per heavy atom. The van der Waals surface area contributed by atoms with Gasteiger partial charge in [0.2, 0.25) is 0 Å². The summed E-state index contributed by atoms with van der Waals surface area (Å²) in [7, 11) is 2.08. The molecule has 0 saturated heterocycles. The third kappa shape index (κ3) is 1.95. The normalized spacial score (nSPS) is 32.5.